The number of benzene rings is 1. The van der Waals surface area contributed by atoms with E-state index in [2.05, 4.69) is 10.0 Å². The SMILES string of the molecule is CSC(C)CNS(=O)(=O)c1cc(CNC2CC2)ccc1Cl. The minimum atomic E-state index is -3.56. The lowest BCUT2D eigenvalue weighted by Gasteiger charge is -2.13. The van der Waals surface area contributed by atoms with Crippen LogP contribution in [0.25, 0.3) is 0 Å². The molecular formula is C14H21ClN2O2S2. The summed E-state index contributed by atoms with van der Waals surface area (Å²) < 4.78 is 27.3. The van der Waals surface area contributed by atoms with Crippen LogP contribution < -0.4 is 10.0 Å². The fourth-order valence-electron chi connectivity index (χ4n) is 1.80. The van der Waals surface area contributed by atoms with Gasteiger partial charge in [-0.05, 0) is 36.8 Å². The highest BCUT2D eigenvalue weighted by molar-refractivity contribution is 7.99. The van der Waals surface area contributed by atoms with Gasteiger partial charge < -0.3 is 5.32 Å². The van der Waals surface area contributed by atoms with E-state index in [0.29, 0.717) is 19.1 Å². The first-order valence-electron chi connectivity index (χ1n) is 6.96. The van der Waals surface area contributed by atoms with Gasteiger partial charge in [0.2, 0.25) is 10.0 Å². The van der Waals surface area contributed by atoms with Crippen LogP contribution in [0.15, 0.2) is 23.1 Å². The van der Waals surface area contributed by atoms with Crippen LogP contribution >= 0.6 is 23.4 Å². The zero-order chi connectivity index (χ0) is 15.5. The van der Waals surface area contributed by atoms with E-state index in [1.807, 2.05) is 19.2 Å². The van der Waals surface area contributed by atoms with Gasteiger partial charge in [-0.2, -0.15) is 11.8 Å². The summed E-state index contributed by atoms with van der Waals surface area (Å²) in [4.78, 5) is 0.160. The Hall–Kier alpha value is -0.270. The number of hydrogen-bond acceptors (Lipinski definition) is 4. The Morgan fingerprint density at radius 3 is 2.76 bits per heavy atom. The van der Waals surface area contributed by atoms with E-state index in [1.54, 1.807) is 23.9 Å². The second kappa shape index (κ2) is 7.33. The van der Waals surface area contributed by atoms with Crippen LogP contribution in [0, 0.1) is 0 Å². The Labute approximate surface area is 136 Å². The third-order valence-electron chi connectivity index (χ3n) is 3.42. The third-order valence-corrected chi connectivity index (χ3v) is 6.30. The molecule has 0 saturated heterocycles. The summed E-state index contributed by atoms with van der Waals surface area (Å²) in [6, 6.07) is 5.75. The van der Waals surface area contributed by atoms with Crippen molar-refractivity contribution in [3.63, 3.8) is 0 Å². The Kier molecular flexibility index (Phi) is 5.96. The highest BCUT2D eigenvalue weighted by Crippen LogP contribution is 2.24. The summed E-state index contributed by atoms with van der Waals surface area (Å²) in [5.41, 5.74) is 0.935. The minimum absolute atomic E-state index is 0.160. The monoisotopic (exact) mass is 348 g/mol. The number of nitrogens with one attached hydrogen (secondary N) is 2. The summed E-state index contributed by atoms with van der Waals surface area (Å²) >= 11 is 7.68. The second-order valence-electron chi connectivity index (χ2n) is 5.32. The molecule has 1 aromatic rings. The van der Waals surface area contributed by atoms with Crippen LogP contribution in [0.4, 0.5) is 0 Å². The van der Waals surface area contributed by atoms with E-state index in [4.69, 9.17) is 11.6 Å². The smallest absolute Gasteiger partial charge is 0.242 e. The van der Waals surface area contributed by atoms with Crippen LogP contribution in [-0.4, -0.2) is 32.5 Å². The predicted molar refractivity (Wildman–Crippen MR) is 89.5 cm³/mol. The molecule has 2 rings (SSSR count). The van der Waals surface area contributed by atoms with Crippen molar-refractivity contribution in [2.24, 2.45) is 0 Å². The number of thioether (sulfide) groups is 1. The van der Waals surface area contributed by atoms with Gasteiger partial charge in [0.15, 0.2) is 0 Å². The molecule has 0 aliphatic heterocycles. The summed E-state index contributed by atoms with van der Waals surface area (Å²) in [5.74, 6) is 0. The fourth-order valence-corrected chi connectivity index (χ4v) is 3.84. The van der Waals surface area contributed by atoms with Crippen molar-refractivity contribution in [1.82, 2.24) is 10.0 Å². The molecule has 118 valence electrons. The molecule has 1 fully saturated rings. The molecule has 1 aromatic carbocycles. The largest absolute Gasteiger partial charge is 0.310 e. The number of hydrogen-bond donors (Lipinski definition) is 2. The van der Waals surface area contributed by atoms with Gasteiger partial charge >= 0.3 is 0 Å². The maximum atomic E-state index is 12.4. The van der Waals surface area contributed by atoms with Crippen molar-refractivity contribution in [2.45, 2.75) is 42.5 Å². The van der Waals surface area contributed by atoms with Crippen molar-refractivity contribution in [2.75, 3.05) is 12.8 Å². The number of rotatable bonds is 8. The molecule has 0 spiro atoms. The average Bonchev–Trinajstić information content (AvgIpc) is 3.28. The van der Waals surface area contributed by atoms with Gasteiger partial charge in [-0.15, -0.1) is 0 Å². The molecule has 0 heterocycles. The molecule has 21 heavy (non-hydrogen) atoms. The molecule has 1 unspecified atom stereocenters. The van der Waals surface area contributed by atoms with Crippen LogP contribution in [0.1, 0.15) is 25.3 Å². The standard InChI is InChI=1S/C14H21ClN2O2S2/c1-10(20-2)8-17-21(18,19)14-7-11(3-6-13(14)15)9-16-12-4-5-12/h3,6-7,10,12,16-17H,4-5,8-9H2,1-2H3. The molecule has 1 atom stereocenters. The van der Waals surface area contributed by atoms with E-state index >= 15 is 0 Å². The Bertz CT molecular complexity index is 589. The maximum absolute atomic E-state index is 12.4. The third kappa shape index (κ3) is 5.14. The quantitative estimate of drug-likeness (QED) is 0.758. The molecule has 1 saturated carbocycles. The summed E-state index contributed by atoms with van der Waals surface area (Å²) in [5, 5.41) is 3.85. The average molecular weight is 349 g/mol. The van der Waals surface area contributed by atoms with Crippen molar-refractivity contribution in [1.29, 1.82) is 0 Å². The zero-order valence-corrected chi connectivity index (χ0v) is 14.6. The topological polar surface area (TPSA) is 58.2 Å². The maximum Gasteiger partial charge on any atom is 0.242 e. The fraction of sp³-hybridized carbons (Fsp3) is 0.571. The normalized spacial score (nSPS) is 16.9. The van der Waals surface area contributed by atoms with Gasteiger partial charge in [0.1, 0.15) is 4.90 Å². The molecule has 2 N–H and O–H groups in total. The minimum Gasteiger partial charge on any atom is -0.310 e. The van der Waals surface area contributed by atoms with Gasteiger partial charge in [-0.3, -0.25) is 0 Å². The molecule has 1 aliphatic carbocycles. The van der Waals surface area contributed by atoms with E-state index in [9.17, 15) is 8.42 Å². The Balaban J connectivity index is 2.10. The number of halogens is 1. The highest BCUT2D eigenvalue weighted by atomic mass is 35.5. The van der Waals surface area contributed by atoms with Gasteiger partial charge in [0.05, 0.1) is 5.02 Å². The first-order chi connectivity index (χ1) is 9.92. The van der Waals surface area contributed by atoms with Crippen LogP contribution in [0.5, 0.6) is 0 Å². The Morgan fingerprint density at radius 2 is 2.14 bits per heavy atom. The molecule has 4 nitrogen and oxygen atoms in total. The molecular weight excluding hydrogens is 328 g/mol. The summed E-state index contributed by atoms with van der Waals surface area (Å²) in [6.07, 6.45) is 4.36. The van der Waals surface area contributed by atoms with Crippen LogP contribution in [-0.2, 0) is 16.6 Å². The Morgan fingerprint density at radius 1 is 1.43 bits per heavy atom. The first kappa shape index (κ1) is 17.1. The summed E-state index contributed by atoms with van der Waals surface area (Å²) in [7, 11) is -3.56. The number of sulfonamides is 1. The molecule has 7 heteroatoms. The van der Waals surface area contributed by atoms with Gasteiger partial charge in [0.25, 0.3) is 0 Å². The predicted octanol–water partition coefficient (Wildman–Crippen LogP) is 2.62. The van der Waals surface area contributed by atoms with Crippen LogP contribution in [0.2, 0.25) is 5.02 Å². The zero-order valence-electron chi connectivity index (χ0n) is 12.2. The van der Waals surface area contributed by atoms with Crippen molar-refractivity contribution in [3.05, 3.63) is 28.8 Å². The van der Waals surface area contributed by atoms with Gasteiger partial charge in [0, 0.05) is 24.4 Å². The molecule has 0 bridgehead atoms. The van der Waals surface area contributed by atoms with Crippen molar-refractivity contribution < 1.29 is 8.42 Å². The van der Waals surface area contributed by atoms with E-state index in [1.165, 1.54) is 12.8 Å². The second-order valence-corrected chi connectivity index (χ2v) is 8.74. The van der Waals surface area contributed by atoms with Gasteiger partial charge in [-0.1, -0.05) is 24.6 Å². The van der Waals surface area contributed by atoms with Crippen molar-refractivity contribution >= 4 is 33.4 Å². The highest BCUT2D eigenvalue weighted by Gasteiger charge is 2.22. The van der Waals surface area contributed by atoms with E-state index in [-0.39, 0.29) is 15.2 Å². The molecule has 0 radical (unpaired) electrons. The summed E-state index contributed by atoms with van der Waals surface area (Å²) in [6.45, 7) is 3.04. The first-order valence-corrected chi connectivity index (χ1v) is 10.1. The van der Waals surface area contributed by atoms with E-state index in [0.717, 1.165) is 5.56 Å². The molecule has 0 aromatic heterocycles. The lowest BCUT2D eigenvalue weighted by molar-refractivity contribution is 0.581. The lowest BCUT2D eigenvalue weighted by Crippen LogP contribution is -2.29. The van der Waals surface area contributed by atoms with Crippen LogP contribution in [0.3, 0.4) is 0 Å². The van der Waals surface area contributed by atoms with E-state index < -0.39 is 10.0 Å². The lowest BCUT2D eigenvalue weighted by atomic mass is 10.2. The van der Waals surface area contributed by atoms with Crippen molar-refractivity contribution in [3.8, 4) is 0 Å². The molecule has 0 amide bonds. The van der Waals surface area contributed by atoms with Gasteiger partial charge in [-0.25, -0.2) is 13.1 Å². The molecule has 1 aliphatic rings.